The normalized spacial score (nSPS) is 11.8. The molecule has 0 saturated heterocycles. The lowest BCUT2D eigenvalue weighted by Crippen LogP contribution is -2.47. The van der Waals surface area contributed by atoms with E-state index in [1.54, 1.807) is 30.9 Å². The van der Waals surface area contributed by atoms with Gasteiger partial charge in [0.25, 0.3) is 11.8 Å². The van der Waals surface area contributed by atoms with Crippen LogP contribution in [0.3, 0.4) is 0 Å². The highest BCUT2D eigenvalue weighted by atomic mass is 19.1. The van der Waals surface area contributed by atoms with E-state index in [1.807, 2.05) is 32.0 Å². The number of nitrogens with zero attached hydrogens (tertiary/aromatic N) is 1. The Kier molecular flexibility index (Phi) is 8.09. The summed E-state index contributed by atoms with van der Waals surface area (Å²) in [4.78, 5) is 39.2. The van der Waals surface area contributed by atoms with Gasteiger partial charge in [0.2, 0.25) is 0 Å². The number of nitrogens with one attached hydrogen (secondary N) is 1. The van der Waals surface area contributed by atoms with Gasteiger partial charge in [0.1, 0.15) is 11.9 Å². The maximum Gasteiger partial charge on any atom is 0.329 e. The van der Waals surface area contributed by atoms with Gasteiger partial charge in [0, 0.05) is 17.3 Å². The predicted molar refractivity (Wildman–Crippen MR) is 113 cm³/mol. The Labute approximate surface area is 176 Å². The van der Waals surface area contributed by atoms with Crippen LogP contribution in [0.4, 0.5) is 10.1 Å². The number of hydrogen-bond acceptors (Lipinski definition) is 4. The molecule has 0 aliphatic heterocycles. The topological polar surface area (TPSA) is 75.7 Å². The van der Waals surface area contributed by atoms with Crippen molar-refractivity contribution in [3.8, 4) is 0 Å². The van der Waals surface area contributed by atoms with Gasteiger partial charge >= 0.3 is 5.97 Å². The molecule has 6 nitrogen and oxygen atoms in total. The van der Waals surface area contributed by atoms with Crippen LogP contribution in [0.15, 0.2) is 54.6 Å². The van der Waals surface area contributed by atoms with Crippen molar-refractivity contribution in [3.05, 3.63) is 66.0 Å². The summed E-state index contributed by atoms with van der Waals surface area (Å²) < 4.78 is 18.3. The Balaban J connectivity index is 2.03. The van der Waals surface area contributed by atoms with Crippen molar-refractivity contribution in [1.82, 2.24) is 5.32 Å². The highest BCUT2D eigenvalue weighted by molar-refractivity contribution is 5.98. The molecule has 0 spiro atoms. The van der Waals surface area contributed by atoms with E-state index in [9.17, 15) is 18.8 Å². The van der Waals surface area contributed by atoms with Crippen molar-refractivity contribution in [1.29, 1.82) is 0 Å². The average Bonchev–Trinajstić information content (AvgIpc) is 2.71. The van der Waals surface area contributed by atoms with Crippen molar-refractivity contribution in [2.24, 2.45) is 5.92 Å². The second-order valence-corrected chi connectivity index (χ2v) is 7.50. The molecule has 30 heavy (non-hydrogen) atoms. The quantitative estimate of drug-likeness (QED) is 0.670. The van der Waals surface area contributed by atoms with Gasteiger partial charge in [-0.25, -0.2) is 9.18 Å². The third kappa shape index (κ3) is 6.14. The number of amides is 2. The third-order valence-corrected chi connectivity index (χ3v) is 4.47. The molecular weight excluding hydrogens is 387 g/mol. The zero-order chi connectivity index (χ0) is 22.3. The van der Waals surface area contributed by atoms with E-state index in [4.69, 9.17) is 4.74 Å². The van der Waals surface area contributed by atoms with Crippen molar-refractivity contribution in [2.75, 3.05) is 11.5 Å². The van der Waals surface area contributed by atoms with Crippen LogP contribution in [0.2, 0.25) is 0 Å². The Morgan fingerprint density at radius 2 is 1.57 bits per heavy atom. The van der Waals surface area contributed by atoms with Crippen molar-refractivity contribution in [3.63, 3.8) is 0 Å². The monoisotopic (exact) mass is 414 g/mol. The molecule has 7 heteroatoms. The average molecular weight is 414 g/mol. The predicted octanol–water partition coefficient (Wildman–Crippen LogP) is 3.56. The van der Waals surface area contributed by atoms with E-state index in [-0.39, 0.29) is 23.4 Å². The first-order valence-electron chi connectivity index (χ1n) is 9.81. The summed E-state index contributed by atoms with van der Waals surface area (Å²) in [6.07, 6.45) is 0. The summed E-state index contributed by atoms with van der Waals surface area (Å²) in [7, 11) is 0. The van der Waals surface area contributed by atoms with Crippen LogP contribution in [0, 0.1) is 11.7 Å². The maximum absolute atomic E-state index is 13.0. The number of anilines is 1. The Hall–Kier alpha value is -3.22. The van der Waals surface area contributed by atoms with Crippen LogP contribution >= 0.6 is 0 Å². The summed E-state index contributed by atoms with van der Waals surface area (Å²) in [6, 6.07) is 13.0. The summed E-state index contributed by atoms with van der Waals surface area (Å²) in [6.45, 7) is 6.80. The van der Waals surface area contributed by atoms with Gasteiger partial charge in [-0.05, 0) is 56.2 Å². The molecule has 1 N–H and O–H groups in total. The van der Waals surface area contributed by atoms with Gasteiger partial charge in [0.15, 0.2) is 6.61 Å². The second-order valence-electron chi connectivity index (χ2n) is 7.50. The summed E-state index contributed by atoms with van der Waals surface area (Å²) in [5.74, 6) is -2.32. The van der Waals surface area contributed by atoms with Crippen molar-refractivity contribution in [2.45, 2.75) is 39.8 Å². The second kappa shape index (κ2) is 10.5. The van der Waals surface area contributed by atoms with Crippen LogP contribution in [-0.4, -0.2) is 36.5 Å². The fraction of sp³-hybridized carbons (Fsp3) is 0.348. The Morgan fingerprint density at radius 1 is 0.967 bits per heavy atom. The maximum atomic E-state index is 13.0. The van der Waals surface area contributed by atoms with E-state index in [0.29, 0.717) is 5.69 Å². The fourth-order valence-corrected chi connectivity index (χ4v) is 2.93. The van der Waals surface area contributed by atoms with Crippen LogP contribution in [0.5, 0.6) is 0 Å². The number of hydrogen-bond donors (Lipinski definition) is 1. The molecular formula is C23H27FN2O4. The summed E-state index contributed by atoms with van der Waals surface area (Å²) in [5, 5.41) is 2.60. The standard InChI is InChI=1S/C23H27FN2O4/c1-15(2)21(25-22(28)17-10-12-18(24)13-11-17)23(29)30-14-20(27)26(16(3)4)19-8-6-5-7-9-19/h5-13,15-16,21H,14H2,1-4H3,(H,25,28)/t21-/m0/s1. The zero-order valence-electron chi connectivity index (χ0n) is 17.6. The van der Waals surface area contributed by atoms with Gasteiger partial charge in [0.05, 0.1) is 0 Å². The molecule has 0 aliphatic carbocycles. The molecule has 160 valence electrons. The fourth-order valence-electron chi connectivity index (χ4n) is 2.93. The third-order valence-electron chi connectivity index (χ3n) is 4.47. The molecule has 0 fully saturated rings. The molecule has 2 aromatic carbocycles. The minimum atomic E-state index is -0.945. The molecule has 2 aromatic rings. The molecule has 0 radical (unpaired) electrons. The highest BCUT2D eigenvalue weighted by Crippen LogP contribution is 2.17. The molecule has 2 rings (SSSR count). The van der Waals surface area contributed by atoms with Crippen LogP contribution < -0.4 is 10.2 Å². The van der Waals surface area contributed by atoms with E-state index in [0.717, 1.165) is 0 Å². The number of ether oxygens (including phenoxy) is 1. The molecule has 0 bridgehead atoms. The first-order chi connectivity index (χ1) is 14.2. The zero-order valence-corrected chi connectivity index (χ0v) is 17.6. The SMILES string of the molecule is CC(C)[C@H](NC(=O)c1ccc(F)cc1)C(=O)OCC(=O)N(c1ccccc1)C(C)C. The first-order valence-corrected chi connectivity index (χ1v) is 9.81. The lowest BCUT2D eigenvalue weighted by molar-refractivity contribution is -0.150. The number of carbonyl (C=O) groups excluding carboxylic acids is 3. The van der Waals surface area contributed by atoms with E-state index in [1.165, 1.54) is 24.3 Å². The minimum absolute atomic E-state index is 0.127. The summed E-state index contributed by atoms with van der Waals surface area (Å²) >= 11 is 0. The Morgan fingerprint density at radius 3 is 2.10 bits per heavy atom. The largest absolute Gasteiger partial charge is 0.454 e. The number of para-hydroxylation sites is 1. The van der Waals surface area contributed by atoms with Crippen LogP contribution in [0.1, 0.15) is 38.1 Å². The number of esters is 1. The molecule has 2 amide bonds. The minimum Gasteiger partial charge on any atom is -0.454 e. The van der Waals surface area contributed by atoms with Gasteiger partial charge in [-0.3, -0.25) is 9.59 Å². The van der Waals surface area contributed by atoms with E-state index < -0.39 is 30.3 Å². The molecule has 0 saturated carbocycles. The van der Waals surface area contributed by atoms with E-state index in [2.05, 4.69) is 5.32 Å². The number of halogens is 1. The number of rotatable bonds is 8. The van der Waals surface area contributed by atoms with Gasteiger partial charge in [-0.1, -0.05) is 32.0 Å². The first kappa shape index (κ1) is 23.1. The molecule has 0 aliphatic rings. The van der Waals surface area contributed by atoms with E-state index >= 15 is 0 Å². The van der Waals surface area contributed by atoms with Gasteiger partial charge in [-0.2, -0.15) is 0 Å². The highest BCUT2D eigenvalue weighted by Gasteiger charge is 2.28. The van der Waals surface area contributed by atoms with Gasteiger partial charge in [-0.15, -0.1) is 0 Å². The van der Waals surface area contributed by atoms with Crippen LogP contribution in [-0.2, 0) is 14.3 Å². The molecule has 0 unspecified atom stereocenters. The Bertz CT molecular complexity index is 867. The number of benzene rings is 2. The lowest BCUT2D eigenvalue weighted by atomic mass is 10.0. The van der Waals surface area contributed by atoms with Crippen LogP contribution in [0.25, 0.3) is 0 Å². The lowest BCUT2D eigenvalue weighted by Gasteiger charge is -2.27. The summed E-state index contributed by atoms with van der Waals surface area (Å²) in [5.41, 5.74) is 0.930. The number of carbonyl (C=O) groups is 3. The smallest absolute Gasteiger partial charge is 0.329 e. The molecule has 0 aromatic heterocycles. The van der Waals surface area contributed by atoms with Gasteiger partial charge < -0.3 is 15.0 Å². The molecule has 0 heterocycles. The van der Waals surface area contributed by atoms with Crippen molar-refractivity contribution >= 4 is 23.5 Å². The molecule has 1 atom stereocenters. The van der Waals surface area contributed by atoms with Crippen molar-refractivity contribution < 1.29 is 23.5 Å².